The molecule has 66 heavy (non-hydrogen) atoms. The molecule has 1 amide bonds. The maximum atomic E-state index is 13.2. The topological polar surface area (TPSA) is 95.9 Å². The monoisotopic (exact) mass is 924 g/mol. The molecule has 0 bridgehead atoms. The molecule has 0 saturated carbocycles. The lowest BCUT2D eigenvalue weighted by atomic mass is 10.0. The molecular weight excluding hydrogens is 815 g/mol. The number of rotatable bonds is 51. The van der Waals surface area contributed by atoms with Crippen LogP contribution in [0.15, 0.2) is 60.8 Å². The molecule has 3 N–H and O–H groups in total. The molecule has 0 spiro atoms. The molecule has 3 atom stereocenters. The average molecular weight is 925 g/mol. The second kappa shape index (κ2) is 53.5. The number of ether oxygens (including phenoxy) is 1. The van der Waals surface area contributed by atoms with E-state index in [9.17, 15) is 19.8 Å². The second-order valence-corrected chi connectivity index (χ2v) is 19.4. The van der Waals surface area contributed by atoms with E-state index in [1.165, 1.54) is 161 Å². The fourth-order valence-electron chi connectivity index (χ4n) is 8.55. The summed E-state index contributed by atoms with van der Waals surface area (Å²) in [7, 11) is 0. The SMILES string of the molecule is CCCCCCC/C=C/C=C/C=C/CCCCCCCC(=O)OC(CCC/C=C/C=C/CCCCCCCCC)CC(=O)NC(CO)C(O)CCCCCCCCCCCCCCCCC. The first-order valence-electron chi connectivity index (χ1n) is 28.6. The quantitative estimate of drug-likeness (QED) is 0.0321. The number of allylic oxidation sites excluding steroid dienone is 10. The van der Waals surface area contributed by atoms with Gasteiger partial charge in [0.2, 0.25) is 5.91 Å². The predicted molar refractivity (Wildman–Crippen MR) is 287 cm³/mol. The van der Waals surface area contributed by atoms with Crippen LogP contribution >= 0.6 is 0 Å². The summed E-state index contributed by atoms with van der Waals surface area (Å²) in [6.07, 6.45) is 67.1. The van der Waals surface area contributed by atoms with Gasteiger partial charge < -0.3 is 20.3 Å². The van der Waals surface area contributed by atoms with Crippen molar-refractivity contribution in [3.63, 3.8) is 0 Å². The maximum absolute atomic E-state index is 13.2. The van der Waals surface area contributed by atoms with Crippen LogP contribution in [-0.2, 0) is 14.3 Å². The smallest absolute Gasteiger partial charge is 0.306 e. The third-order valence-corrected chi connectivity index (χ3v) is 12.9. The van der Waals surface area contributed by atoms with Gasteiger partial charge in [-0.25, -0.2) is 0 Å². The molecule has 3 unspecified atom stereocenters. The Kier molecular flexibility index (Phi) is 51.5. The van der Waals surface area contributed by atoms with Gasteiger partial charge in [0.05, 0.1) is 25.2 Å². The van der Waals surface area contributed by atoms with Crippen LogP contribution in [-0.4, -0.2) is 46.9 Å². The number of amides is 1. The van der Waals surface area contributed by atoms with Crippen molar-refractivity contribution in [2.24, 2.45) is 0 Å². The van der Waals surface area contributed by atoms with Gasteiger partial charge in [0, 0.05) is 6.42 Å². The van der Waals surface area contributed by atoms with Crippen molar-refractivity contribution >= 4 is 11.9 Å². The summed E-state index contributed by atoms with van der Waals surface area (Å²) in [6.45, 7) is 6.46. The lowest BCUT2D eigenvalue weighted by Gasteiger charge is -2.24. The molecule has 0 heterocycles. The molecule has 0 fully saturated rings. The number of aliphatic hydroxyl groups is 2. The van der Waals surface area contributed by atoms with E-state index in [0.717, 1.165) is 77.0 Å². The van der Waals surface area contributed by atoms with Gasteiger partial charge in [-0.05, 0) is 70.6 Å². The highest BCUT2D eigenvalue weighted by Gasteiger charge is 2.24. The summed E-state index contributed by atoms with van der Waals surface area (Å²) in [6, 6.07) is -0.722. The van der Waals surface area contributed by atoms with Crippen LogP contribution in [0, 0.1) is 0 Å². The van der Waals surface area contributed by atoms with Crippen molar-refractivity contribution < 1.29 is 24.5 Å². The van der Waals surface area contributed by atoms with Crippen molar-refractivity contribution in [2.75, 3.05) is 6.61 Å². The molecular formula is C60H109NO5. The lowest BCUT2D eigenvalue weighted by molar-refractivity contribution is -0.151. The number of carbonyl (C=O) groups excluding carboxylic acids is 2. The first-order chi connectivity index (χ1) is 32.5. The van der Waals surface area contributed by atoms with E-state index in [2.05, 4.69) is 86.8 Å². The Morgan fingerprint density at radius 1 is 0.439 bits per heavy atom. The van der Waals surface area contributed by atoms with Crippen LogP contribution in [0.2, 0.25) is 0 Å². The molecule has 6 nitrogen and oxygen atoms in total. The number of aliphatic hydroxyl groups excluding tert-OH is 2. The highest BCUT2D eigenvalue weighted by Crippen LogP contribution is 2.17. The van der Waals surface area contributed by atoms with E-state index in [1.807, 2.05) is 0 Å². The molecule has 6 heteroatoms. The van der Waals surface area contributed by atoms with Crippen LogP contribution in [0.3, 0.4) is 0 Å². The molecule has 0 aromatic heterocycles. The standard InChI is InChI=1S/C60H109NO5/c1-4-7-10-13-16-19-22-25-28-29-30-32-35-38-41-44-47-50-53-60(65)66-56(51-48-45-42-39-36-33-27-24-21-18-15-12-9-6-3)54-59(64)61-57(55-62)58(63)52-49-46-43-40-37-34-31-26-23-20-17-14-11-8-5-2/h22,25,28-30,32-33,36,39,42,56-58,62-63H,4-21,23-24,26-27,31,34-35,37-38,40-41,43-55H2,1-3H3,(H,61,64)/b25-22+,29-28+,32-30+,36-33+,42-39+. The number of carbonyl (C=O) groups is 2. The van der Waals surface area contributed by atoms with Gasteiger partial charge in [0.25, 0.3) is 0 Å². The van der Waals surface area contributed by atoms with Crippen LogP contribution < -0.4 is 5.32 Å². The Morgan fingerprint density at radius 2 is 0.788 bits per heavy atom. The largest absolute Gasteiger partial charge is 0.462 e. The second-order valence-electron chi connectivity index (χ2n) is 19.4. The number of hydrogen-bond donors (Lipinski definition) is 3. The van der Waals surface area contributed by atoms with Crippen LogP contribution in [0.1, 0.15) is 284 Å². The molecule has 0 radical (unpaired) electrons. The summed E-state index contributed by atoms with van der Waals surface area (Å²) in [4.78, 5) is 26.2. The van der Waals surface area contributed by atoms with Crippen LogP contribution in [0.4, 0.5) is 0 Å². The van der Waals surface area contributed by atoms with Gasteiger partial charge in [-0.3, -0.25) is 9.59 Å². The fourth-order valence-corrected chi connectivity index (χ4v) is 8.55. The van der Waals surface area contributed by atoms with E-state index < -0.39 is 18.2 Å². The Bertz CT molecular complexity index is 1170. The fraction of sp³-hybridized carbons (Fsp3) is 0.800. The van der Waals surface area contributed by atoms with E-state index >= 15 is 0 Å². The zero-order chi connectivity index (χ0) is 48.1. The van der Waals surface area contributed by atoms with E-state index in [-0.39, 0.29) is 24.9 Å². The van der Waals surface area contributed by atoms with Crippen molar-refractivity contribution in [2.45, 2.75) is 302 Å². The summed E-state index contributed by atoms with van der Waals surface area (Å²) in [5, 5.41) is 23.8. The Morgan fingerprint density at radius 3 is 1.20 bits per heavy atom. The number of unbranched alkanes of at least 4 members (excludes halogenated alkanes) is 32. The molecule has 0 saturated heterocycles. The van der Waals surface area contributed by atoms with Gasteiger partial charge in [-0.1, -0.05) is 261 Å². The maximum Gasteiger partial charge on any atom is 0.306 e. The number of esters is 1. The Labute approximate surface area is 409 Å². The van der Waals surface area contributed by atoms with Gasteiger partial charge >= 0.3 is 5.97 Å². The normalized spacial score (nSPS) is 13.6. The van der Waals surface area contributed by atoms with Crippen molar-refractivity contribution in [3.05, 3.63) is 60.8 Å². The molecule has 0 aliphatic rings. The zero-order valence-electron chi connectivity index (χ0n) is 43.8. The Balaban J connectivity index is 4.64. The summed E-state index contributed by atoms with van der Waals surface area (Å²) in [5.41, 5.74) is 0. The van der Waals surface area contributed by atoms with Crippen molar-refractivity contribution in [1.29, 1.82) is 0 Å². The highest BCUT2D eigenvalue weighted by molar-refractivity contribution is 5.77. The average Bonchev–Trinajstić information content (AvgIpc) is 3.31. The first kappa shape index (κ1) is 63.6. The molecule has 384 valence electrons. The summed E-state index contributed by atoms with van der Waals surface area (Å²) >= 11 is 0. The molecule has 0 aromatic rings. The zero-order valence-corrected chi connectivity index (χ0v) is 43.8. The lowest BCUT2D eigenvalue weighted by Crippen LogP contribution is -2.46. The molecule has 0 aromatic carbocycles. The van der Waals surface area contributed by atoms with Gasteiger partial charge in [-0.2, -0.15) is 0 Å². The van der Waals surface area contributed by atoms with Crippen molar-refractivity contribution in [3.8, 4) is 0 Å². The molecule has 0 aliphatic heterocycles. The highest BCUT2D eigenvalue weighted by atomic mass is 16.5. The molecule has 0 rings (SSSR count). The number of hydrogen-bond acceptors (Lipinski definition) is 5. The van der Waals surface area contributed by atoms with E-state index in [0.29, 0.717) is 19.3 Å². The first-order valence-corrected chi connectivity index (χ1v) is 28.6. The van der Waals surface area contributed by atoms with Crippen LogP contribution in [0.25, 0.3) is 0 Å². The van der Waals surface area contributed by atoms with Crippen LogP contribution in [0.5, 0.6) is 0 Å². The minimum Gasteiger partial charge on any atom is -0.462 e. The predicted octanol–water partition coefficient (Wildman–Crippen LogP) is 17.6. The van der Waals surface area contributed by atoms with Gasteiger partial charge in [-0.15, -0.1) is 0 Å². The van der Waals surface area contributed by atoms with Crippen molar-refractivity contribution in [1.82, 2.24) is 5.32 Å². The third-order valence-electron chi connectivity index (χ3n) is 12.9. The number of nitrogens with one attached hydrogen (secondary N) is 1. The minimum absolute atomic E-state index is 0.0358. The minimum atomic E-state index is -0.805. The van der Waals surface area contributed by atoms with Gasteiger partial charge in [0.1, 0.15) is 6.10 Å². The van der Waals surface area contributed by atoms with E-state index in [1.54, 1.807) is 0 Å². The van der Waals surface area contributed by atoms with E-state index in [4.69, 9.17) is 4.74 Å². The third kappa shape index (κ3) is 48.0. The van der Waals surface area contributed by atoms with Gasteiger partial charge in [0.15, 0.2) is 0 Å². The Hall–Kier alpha value is -2.44. The summed E-state index contributed by atoms with van der Waals surface area (Å²) < 4.78 is 5.92. The summed E-state index contributed by atoms with van der Waals surface area (Å²) in [5.74, 6) is -0.538. The molecule has 0 aliphatic carbocycles.